The number of aromatic nitrogens is 3. The minimum Gasteiger partial charge on any atom is -0.465 e. The summed E-state index contributed by atoms with van der Waals surface area (Å²) >= 11 is 1.34. The van der Waals surface area contributed by atoms with Crippen LogP contribution in [-0.2, 0) is 16.1 Å². The SMILES string of the molecule is CCOC(=O)CSc1nnc(-c2ccccc2)n1Cc1ccccc1. The number of benzene rings is 2. The zero-order chi connectivity index (χ0) is 17.5. The fraction of sp³-hybridized carbons (Fsp3) is 0.211. The molecule has 25 heavy (non-hydrogen) atoms. The van der Waals surface area contributed by atoms with E-state index in [2.05, 4.69) is 22.3 Å². The van der Waals surface area contributed by atoms with Crippen LogP contribution in [0, 0.1) is 0 Å². The molecule has 128 valence electrons. The van der Waals surface area contributed by atoms with E-state index < -0.39 is 0 Å². The Morgan fingerprint density at radius 1 is 1.04 bits per heavy atom. The summed E-state index contributed by atoms with van der Waals surface area (Å²) in [5.74, 6) is 0.758. The number of hydrogen-bond donors (Lipinski definition) is 0. The topological polar surface area (TPSA) is 57.0 Å². The Bertz CT molecular complexity index is 819. The smallest absolute Gasteiger partial charge is 0.316 e. The molecule has 0 aliphatic heterocycles. The highest BCUT2D eigenvalue weighted by atomic mass is 32.2. The molecule has 0 spiro atoms. The van der Waals surface area contributed by atoms with Gasteiger partial charge in [0.15, 0.2) is 11.0 Å². The highest BCUT2D eigenvalue weighted by Crippen LogP contribution is 2.25. The lowest BCUT2D eigenvalue weighted by Crippen LogP contribution is -2.09. The fourth-order valence-electron chi connectivity index (χ4n) is 2.43. The molecule has 3 rings (SSSR count). The van der Waals surface area contributed by atoms with E-state index in [0.29, 0.717) is 18.3 Å². The summed E-state index contributed by atoms with van der Waals surface area (Å²) in [5, 5.41) is 9.34. The average Bonchev–Trinajstić information content (AvgIpc) is 3.04. The molecule has 6 heteroatoms. The molecule has 1 aromatic heterocycles. The van der Waals surface area contributed by atoms with Crippen LogP contribution in [0.1, 0.15) is 12.5 Å². The lowest BCUT2D eigenvalue weighted by molar-refractivity contribution is -0.139. The number of nitrogens with zero attached hydrogens (tertiary/aromatic N) is 3. The second-order valence-electron chi connectivity index (χ2n) is 5.34. The molecule has 0 fully saturated rings. The number of carbonyl (C=O) groups is 1. The fourth-order valence-corrected chi connectivity index (χ4v) is 3.17. The van der Waals surface area contributed by atoms with Crippen molar-refractivity contribution >= 4 is 17.7 Å². The standard InChI is InChI=1S/C19H19N3O2S/c1-2-24-17(23)14-25-19-21-20-18(16-11-7-4-8-12-16)22(19)13-15-9-5-3-6-10-15/h3-12H,2,13-14H2,1H3. The molecule has 3 aromatic rings. The zero-order valence-corrected chi connectivity index (χ0v) is 14.8. The maximum Gasteiger partial charge on any atom is 0.316 e. The number of esters is 1. The normalized spacial score (nSPS) is 10.6. The maximum atomic E-state index is 11.7. The zero-order valence-electron chi connectivity index (χ0n) is 14.0. The van der Waals surface area contributed by atoms with Gasteiger partial charge in [0, 0.05) is 5.56 Å². The van der Waals surface area contributed by atoms with Crippen LogP contribution in [0.5, 0.6) is 0 Å². The molecule has 0 bridgehead atoms. The quantitative estimate of drug-likeness (QED) is 0.479. The number of rotatable bonds is 7. The third-order valence-corrected chi connectivity index (χ3v) is 4.50. The lowest BCUT2D eigenvalue weighted by atomic mass is 10.2. The van der Waals surface area contributed by atoms with Crippen molar-refractivity contribution in [3.05, 3.63) is 66.2 Å². The molecular weight excluding hydrogens is 334 g/mol. The Morgan fingerprint density at radius 2 is 1.72 bits per heavy atom. The van der Waals surface area contributed by atoms with Gasteiger partial charge in [-0.3, -0.25) is 9.36 Å². The minimum atomic E-state index is -0.247. The molecule has 1 heterocycles. The molecule has 0 atom stereocenters. The van der Waals surface area contributed by atoms with Crippen LogP contribution in [0.2, 0.25) is 0 Å². The Labute approximate surface area is 151 Å². The highest BCUT2D eigenvalue weighted by Gasteiger charge is 2.16. The molecule has 0 radical (unpaired) electrons. The summed E-state index contributed by atoms with van der Waals surface area (Å²) < 4.78 is 7.03. The average molecular weight is 353 g/mol. The largest absolute Gasteiger partial charge is 0.465 e. The van der Waals surface area contributed by atoms with Crippen molar-refractivity contribution in [2.24, 2.45) is 0 Å². The van der Waals surface area contributed by atoms with Gasteiger partial charge in [0.25, 0.3) is 0 Å². The van der Waals surface area contributed by atoms with Crippen LogP contribution >= 0.6 is 11.8 Å². The van der Waals surface area contributed by atoms with Crippen LogP contribution in [0.4, 0.5) is 0 Å². The van der Waals surface area contributed by atoms with Gasteiger partial charge in [-0.05, 0) is 12.5 Å². The van der Waals surface area contributed by atoms with Crippen molar-refractivity contribution < 1.29 is 9.53 Å². The monoisotopic (exact) mass is 353 g/mol. The summed E-state index contributed by atoms with van der Waals surface area (Å²) in [6.07, 6.45) is 0. The third kappa shape index (κ3) is 4.48. The van der Waals surface area contributed by atoms with Crippen molar-refractivity contribution in [3.8, 4) is 11.4 Å². The first-order valence-electron chi connectivity index (χ1n) is 8.09. The van der Waals surface area contributed by atoms with E-state index in [1.54, 1.807) is 6.92 Å². The van der Waals surface area contributed by atoms with Crippen LogP contribution in [0.25, 0.3) is 11.4 Å². The van der Waals surface area contributed by atoms with E-state index in [4.69, 9.17) is 4.74 Å². The van der Waals surface area contributed by atoms with Gasteiger partial charge in [0.2, 0.25) is 0 Å². The molecule has 0 saturated heterocycles. The Balaban J connectivity index is 1.89. The number of ether oxygens (including phenoxy) is 1. The first-order chi connectivity index (χ1) is 12.3. The van der Waals surface area contributed by atoms with Gasteiger partial charge in [-0.25, -0.2) is 0 Å². The molecular formula is C19H19N3O2S. The summed E-state index contributed by atoms with van der Waals surface area (Å²) in [4.78, 5) is 11.7. The number of thioether (sulfide) groups is 1. The second kappa shape index (κ2) is 8.48. The molecule has 0 amide bonds. The predicted molar refractivity (Wildman–Crippen MR) is 98.4 cm³/mol. The summed E-state index contributed by atoms with van der Waals surface area (Å²) in [6.45, 7) is 2.82. The Hall–Kier alpha value is -2.60. The molecule has 5 nitrogen and oxygen atoms in total. The van der Waals surface area contributed by atoms with Crippen LogP contribution in [0.15, 0.2) is 65.8 Å². The number of hydrogen-bond acceptors (Lipinski definition) is 5. The van der Waals surface area contributed by atoms with E-state index in [1.807, 2.05) is 53.1 Å². The van der Waals surface area contributed by atoms with Gasteiger partial charge in [-0.15, -0.1) is 10.2 Å². The maximum absolute atomic E-state index is 11.7. The van der Waals surface area contributed by atoms with Crippen LogP contribution in [-0.4, -0.2) is 33.1 Å². The van der Waals surface area contributed by atoms with E-state index >= 15 is 0 Å². The highest BCUT2D eigenvalue weighted by molar-refractivity contribution is 7.99. The second-order valence-corrected chi connectivity index (χ2v) is 6.28. The lowest BCUT2D eigenvalue weighted by Gasteiger charge is -2.10. The number of carbonyl (C=O) groups excluding carboxylic acids is 1. The molecule has 0 aliphatic carbocycles. The van der Waals surface area contributed by atoms with E-state index in [1.165, 1.54) is 11.8 Å². The molecule has 0 N–H and O–H groups in total. The summed E-state index contributed by atoms with van der Waals surface area (Å²) in [6, 6.07) is 20.1. The van der Waals surface area contributed by atoms with Crippen molar-refractivity contribution in [2.75, 3.05) is 12.4 Å². The Kier molecular flexibility index (Phi) is 5.85. The van der Waals surface area contributed by atoms with Gasteiger partial charge in [-0.2, -0.15) is 0 Å². The van der Waals surface area contributed by atoms with Gasteiger partial charge >= 0.3 is 5.97 Å². The summed E-state index contributed by atoms with van der Waals surface area (Å²) in [7, 11) is 0. The van der Waals surface area contributed by atoms with E-state index in [-0.39, 0.29) is 11.7 Å². The molecule has 0 saturated carbocycles. The first kappa shape index (κ1) is 17.2. The van der Waals surface area contributed by atoms with Crippen molar-refractivity contribution in [2.45, 2.75) is 18.6 Å². The predicted octanol–water partition coefficient (Wildman–Crippen LogP) is 3.65. The molecule has 0 aliphatic rings. The van der Waals surface area contributed by atoms with Gasteiger partial charge in [-0.1, -0.05) is 72.4 Å². The van der Waals surface area contributed by atoms with Crippen molar-refractivity contribution in [3.63, 3.8) is 0 Å². The van der Waals surface area contributed by atoms with Crippen molar-refractivity contribution in [1.29, 1.82) is 0 Å². The van der Waals surface area contributed by atoms with E-state index in [0.717, 1.165) is 17.0 Å². The molecule has 2 aromatic carbocycles. The minimum absolute atomic E-state index is 0.218. The summed E-state index contributed by atoms with van der Waals surface area (Å²) in [5.41, 5.74) is 2.14. The van der Waals surface area contributed by atoms with Crippen LogP contribution < -0.4 is 0 Å². The van der Waals surface area contributed by atoms with Gasteiger partial charge in [0.1, 0.15) is 0 Å². The third-order valence-electron chi connectivity index (χ3n) is 3.56. The van der Waals surface area contributed by atoms with Gasteiger partial charge in [0.05, 0.1) is 18.9 Å². The van der Waals surface area contributed by atoms with Crippen molar-refractivity contribution in [1.82, 2.24) is 14.8 Å². The van der Waals surface area contributed by atoms with E-state index in [9.17, 15) is 4.79 Å². The van der Waals surface area contributed by atoms with Crippen LogP contribution in [0.3, 0.4) is 0 Å². The first-order valence-corrected chi connectivity index (χ1v) is 9.07. The molecule has 0 unspecified atom stereocenters. The van der Waals surface area contributed by atoms with Gasteiger partial charge < -0.3 is 4.74 Å². The Morgan fingerprint density at radius 3 is 2.40 bits per heavy atom.